The van der Waals surface area contributed by atoms with Crippen LogP contribution in [0.4, 0.5) is 0 Å². The van der Waals surface area contributed by atoms with Gasteiger partial charge in [0.1, 0.15) is 18.4 Å². The molecule has 4 heterocycles. The van der Waals surface area contributed by atoms with Gasteiger partial charge >= 0.3 is 0 Å². The molecule has 3 saturated heterocycles. The predicted octanol–water partition coefficient (Wildman–Crippen LogP) is 0.847. The highest BCUT2D eigenvalue weighted by molar-refractivity contribution is 6.05. The van der Waals surface area contributed by atoms with Gasteiger partial charge in [-0.3, -0.25) is 29.3 Å². The van der Waals surface area contributed by atoms with Crippen molar-refractivity contribution in [1.82, 2.24) is 20.0 Å². The third-order valence-corrected chi connectivity index (χ3v) is 7.80. The van der Waals surface area contributed by atoms with Crippen LogP contribution in [-0.4, -0.2) is 95.8 Å². The summed E-state index contributed by atoms with van der Waals surface area (Å²) in [6.45, 7) is 3.48. The van der Waals surface area contributed by atoms with Gasteiger partial charge in [-0.25, -0.2) is 0 Å². The first-order valence-electron chi connectivity index (χ1n) is 13.5. The molecular formula is C27H34N4O7. The van der Waals surface area contributed by atoms with Crippen molar-refractivity contribution >= 4 is 29.5 Å². The molecule has 11 nitrogen and oxygen atoms in total. The van der Waals surface area contributed by atoms with E-state index in [9.17, 15) is 24.0 Å². The number of amides is 5. The lowest BCUT2D eigenvalue weighted by Gasteiger charge is -2.36. The fourth-order valence-corrected chi connectivity index (χ4v) is 5.66. The van der Waals surface area contributed by atoms with Crippen LogP contribution in [0.3, 0.4) is 0 Å². The third-order valence-electron chi connectivity index (χ3n) is 7.80. The number of nitrogens with zero attached hydrogens (tertiary/aromatic N) is 3. The van der Waals surface area contributed by atoms with Crippen molar-refractivity contribution in [1.29, 1.82) is 0 Å². The van der Waals surface area contributed by atoms with Crippen LogP contribution in [0.15, 0.2) is 18.2 Å². The van der Waals surface area contributed by atoms with Crippen molar-refractivity contribution in [2.24, 2.45) is 0 Å². The van der Waals surface area contributed by atoms with Gasteiger partial charge < -0.3 is 24.2 Å². The second-order valence-corrected chi connectivity index (χ2v) is 10.3. The van der Waals surface area contributed by atoms with Crippen LogP contribution in [0.5, 0.6) is 5.75 Å². The minimum Gasteiger partial charge on any atom is -0.491 e. The summed E-state index contributed by atoms with van der Waals surface area (Å²) in [6, 6.07) is 4.52. The molecule has 0 aromatic heterocycles. The van der Waals surface area contributed by atoms with Crippen LogP contribution in [-0.2, 0) is 30.5 Å². The van der Waals surface area contributed by atoms with Crippen LogP contribution in [0.1, 0.15) is 60.9 Å². The number of hydrogen-bond donors (Lipinski definition) is 1. The molecule has 5 amide bonds. The van der Waals surface area contributed by atoms with Crippen molar-refractivity contribution in [2.45, 2.75) is 63.6 Å². The summed E-state index contributed by atoms with van der Waals surface area (Å²) in [4.78, 5) is 67.2. The van der Waals surface area contributed by atoms with Gasteiger partial charge in [0.15, 0.2) is 0 Å². The van der Waals surface area contributed by atoms with E-state index in [2.05, 4.69) is 5.32 Å². The zero-order valence-corrected chi connectivity index (χ0v) is 21.5. The van der Waals surface area contributed by atoms with Crippen LogP contribution in [0.2, 0.25) is 0 Å². The average molecular weight is 527 g/mol. The molecule has 0 aliphatic carbocycles. The Labute approximate surface area is 221 Å². The van der Waals surface area contributed by atoms with E-state index in [4.69, 9.17) is 9.47 Å². The Morgan fingerprint density at radius 1 is 1.00 bits per heavy atom. The number of fused-ring (bicyclic) bond motifs is 1. The normalized spacial score (nSPS) is 23.8. The Hall–Kier alpha value is -3.47. The largest absolute Gasteiger partial charge is 0.491 e. The van der Waals surface area contributed by atoms with E-state index in [1.807, 2.05) is 11.0 Å². The Balaban J connectivity index is 1.16. The number of nitrogens with one attached hydrogen (secondary N) is 1. The molecule has 1 N–H and O–H groups in total. The number of carbonyl (C=O) groups excluding carboxylic acids is 5. The molecule has 1 unspecified atom stereocenters. The summed E-state index contributed by atoms with van der Waals surface area (Å²) in [5.41, 5.74) is 1.30. The summed E-state index contributed by atoms with van der Waals surface area (Å²) in [5, 5.41) is 2.31. The second kappa shape index (κ2) is 11.5. The Kier molecular flexibility index (Phi) is 7.92. The Bertz CT molecular complexity index is 1120. The zero-order chi connectivity index (χ0) is 26.6. The smallest absolute Gasteiger partial charge is 0.255 e. The first-order valence-corrected chi connectivity index (χ1v) is 13.5. The van der Waals surface area contributed by atoms with Crippen LogP contribution in [0, 0.1) is 0 Å². The number of ether oxygens (including phenoxy) is 2. The highest BCUT2D eigenvalue weighted by Crippen LogP contribution is 2.30. The molecule has 1 aromatic rings. The Morgan fingerprint density at radius 3 is 2.58 bits per heavy atom. The number of likely N-dealkylation sites (tertiary alicyclic amines) is 1. The number of hydrogen-bond acceptors (Lipinski definition) is 7. The average Bonchev–Trinajstić information content (AvgIpc) is 3.26. The first-order chi connectivity index (χ1) is 18.4. The monoisotopic (exact) mass is 526 g/mol. The van der Waals surface area contributed by atoms with Crippen LogP contribution >= 0.6 is 0 Å². The third kappa shape index (κ3) is 5.67. The van der Waals surface area contributed by atoms with E-state index in [0.29, 0.717) is 57.2 Å². The zero-order valence-electron chi connectivity index (χ0n) is 21.5. The second-order valence-electron chi connectivity index (χ2n) is 10.3. The van der Waals surface area contributed by atoms with Crippen molar-refractivity contribution in [3.63, 3.8) is 0 Å². The molecule has 3 fully saturated rings. The molecule has 0 saturated carbocycles. The van der Waals surface area contributed by atoms with E-state index in [1.54, 1.807) is 17.0 Å². The summed E-state index contributed by atoms with van der Waals surface area (Å²) in [6.07, 6.45) is 3.67. The quantitative estimate of drug-likeness (QED) is 0.522. The highest BCUT2D eigenvalue weighted by Gasteiger charge is 2.39. The number of carbonyl (C=O) groups is 5. The molecule has 4 aliphatic rings. The first kappa shape index (κ1) is 26.1. The van der Waals surface area contributed by atoms with Crippen molar-refractivity contribution in [2.75, 3.05) is 39.5 Å². The van der Waals surface area contributed by atoms with Crippen molar-refractivity contribution < 1.29 is 33.4 Å². The van der Waals surface area contributed by atoms with Crippen molar-refractivity contribution in [3.05, 3.63) is 29.3 Å². The molecule has 0 radical (unpaired) electrons. The highest BCUT2D eigenvalue weighted by atomic mass is 16.5. The fraction of sp³-hybridized carbons (Fsp3) is 0.593. The van der Waals surface area contributed by atoms with Crippen LogP contribution in [0.25, 0.3) is 0 Å². The summed E-state index contributed by atoms with van der Waals surface area (Å²) >= 11 is 0. The predicted molar refractivity (Wildman–Crippen MR) is 134 cm³/mol. The summed E-state index contributed by atoms with van der Waals surface area (Å²) in [7, 11) is 0. The SMILES string of the molecule is O=C1CCC(N2Cc3cc(OC[C@@H]4CCCCN4C(=O)CCC(=O)N4CCOCC4)ccc3C2=O)C(=O)N1. The molecule has 38 heavy (non-hydrogen) atoms. The number of imide groups is 1. The molecule has 1 aromatic carbocycles. The molecule has 0 spiro atoms. The van der Waals surface area contributed by atoms with Gasteiger partial charge in [0.05, 0.1) is 19.3 Å². The lowest BCUT2D eigenvalue weighted by atomic mass is 10.0. The van der Waals surface area contributed by atoms with Gasteiger partial charge in [0.25, 0.3) is 5.91 Å². The molecule has 204 valence electrons. The molecule has 4 aliphatic heterocycles. The van der Waals surface area contributed by atoms with E-state index < -0.39 is 11.9 Å². The number of piperidine rings is 2. The van der Waals surface area contributed by atoms with Gasteiger partial charge in [-0.1, -0.05) is 0 Å². The molecule has 2 atom stereocenters. The maximum Gasteiger partial charge on any atom is 0.255 e. The summed E-state index contributed by atoms with van der Waals surface area (Å²) in [5.74, 6) is -0.415. The number of benzene rings is 1. The molecular weight excluding hydrogens is 492 g/mol. The maximum absolute atomic E-state index is 13.0. The number of morpholine rings is 1. The lowest BCUT2D eigenvalue weighted by molar-refractivity contribution is -0.141. The van der Waals surface area contributed by atoms with Gasteiger partial charge in [-0.05, 0) is 49.4 Å². The maximum atomic E-state index is 13.0. The van der Waals surface area contributed by atoms with Gasteiger partial charge in [-0.2, -0.15) is 0 Å². The molecule has 11 heteroatoms. The van der Waals surface area contributed by atoms with Gasteiger partial charge in [-0.15, -0.1) is 0 Å². The molecule has 0 bridgehead atoms. The van der Waals surface area contributed by atoms with Crippen molar-refractivity contribution in [3.8, 4) is 5.75 Å². The molecule has 5 rings (SSSR count). The van der Waals surface area contributed by atoms with Crippen LogP contribution < -0.4 is 10.1 Å². The van der Waals surface area contributed by atoms with E-state index in [-0.39, 0.29) is 55.5 Å². The minimum atomic E-state index is -0.658. The van der Waals surface area contributed by atoms with Gasteiger partial charge in [0, 0.05) is 51.0 Å². The van der Waals surface area contributed by atoms with E-state index in [0.717, 1.165) is 24.8 Å². The van der Waals surface area contributed by atoms with E-state index >= 15 is 0 Å². The lowest BCUT2D eigenvalue weighted by Crippen LogP contribution is -2.52. The topological polar surface area (TPSA) is 126 Å². The number of rotatable bonds is 7. The van der Waals surface area contributed by atoms with Gasteiger partial charge in [0.2, 0.25) is 23.6 Å². The van der Waals surface area contributed by atoms with E-state index in [1.165, 1.54) is 4.90 Å². The standard InChI is InChI=1S/C27H34N4O7/c32-23-7-6-22(26(35)28-23)31-16-18-15-20(4-5-21(18)27(31)36)38-17-19-3-1-2-10-30(19)25(34)9-8-24(33)29-11-13-37-14-12-29/h4-5,15,19,22H,1-3,6-14,16-17H2,(H,28,32,35)/t19-,22?/m0/s1. The fourth-order valence-electron chi connectivity index (χ4n) is 5.66. The summed E-state index contributed by atoms with van der Waals surface area (Å²) < 4.78 is 11.4. The Morgan fingerprint density at radius 2 is 1.79 bits per heavy atom. The minimum absolute atomic E-state index is 0.00880.